The smallest absolute Gasteiger partial charge is 0.408 e. The van der Waals surface area contributed by atoms with Crippen LogP contribution < -0.4 is 21.0 Å². The Morgan fingerprint density at radius 2 is 1.88 bits per heavy atom. The van der Waals surface area contributed by atoms with Gasteiger partial charge in [0.15, 0.2) is 11.6 Å². The molecular formula is C30H34FN5O6. The van der Waals surface area contributed by atoms with Gasteiger partial charge in [-0.25, -0.2) is 19.0 Å². The summed E-state index contributed by atoms with van der Waals surface area (Å²) >= 11 is 0. The van der Waals surface area contributed by atoms with Crippen LogP contribution in [-0.2, 0) is 16.0 Å². The number of carboxylic acid groups (broad SMARTS) is 1. The number of ether oxygens (including phenoxy) is 1. The molecule has 42 heavy (non-hydrogen) atoms. The van der Waals surface area contributed by atoms with Crippen molar-refractivity contribution < 1.29 is 28.6 Å². The van der Waals surface area contributed by atoms with E-state index in [1.165, 1.54) is 6.20 Å². The number of carboxylic acids is 1. The van der Waals surface area contributed by atoms with Crippen LogP contribution in [0.15, 0.2) is 47.4 Å². The summed E-state index contributed by atoms with van der Waals surface area (Å²) in [6, 6.07) is 9.09. The number of nitrogens with zero attached hydrogens (tertiary/aromatic N) is 3. The van der Waals surface area contributed by atoms with Crippen LogP contribution >= 0.6 is 0 Å². The summed E-state index contributed by atoms with van der Waals surface area (Å²) < 4.78 is 22.3. The lowest BCUT2D eigenvalue weighted by atomic mass is 10.0. The van der Waals surface area contributed by atoms with E-state index in [2.05, 4.69) is 15.6 Å². The fraction of sp³-hybridized carbons (Fsp3) is 0.433. The number of pyridine rings is 2. The Balaban J connectivity index is 1.34. The molecule has 2 atom stereocenters. The summed E-state index contributed by atoms with van der Waals surface area (Å²) in [5.74, 6) is -2.48. The summed E-state index contributed by atoms with van der Waals surface area (Å²) in [4.78, 5) is 56.5. The summed E-state index contributed by atoms with van der Waals surface area (Å²) in [6.45, 7) is 5.86. The van der Waals surface area contributed by atoms with E-state index < -0.39 is 46.4 Å². The molecule has 2 amide bonds. The van der Waals surface area contributed by atoms with E-state index >= 15 is 4.39 Å². The second-order valence-corrected chi connectivity index (χ2v) is 11.8. The van der Waals surface area contributed by atoms with Gasteiger partial charge in [-0.05, 0) is 51.7 Å². The van der Waals surface area contributed by atoms with Crippen molar-refractivity contribution in [2.24, 2.45) is 0 Å². The predicted octanol–water partition coefficient (Wildman–Crippen LogP) is 3.40. The molecule has 2 unspecified atom stereocenters. The molecule has 2 aromatic heterocycles. The third kappa shape index (κ3) is 6.53. The van der Waals surface area contributed by atoms with E-state index in [9.17, 15) is 24.3 Å². The molecule has 1 saturated carbocycles. The van der Waals surface area contributed by atoms with E-state index in [1.54, 1.807) is 30.2 Å². The number of alkyl carbamates (subject to hydrolysis) is 1. The van der Waals surface area contributed by atoms with Crippen LogP contribution in [0.1, 0.15) is 62.0 Å². The molecule has 1 aliphatic carbocycles. The van der Waals surface area contributed by atoms with Crippen molar-refractivity contribution in [2.75, 3.05) is 18.0 Å². The quantitative estimate of drug-likeness (QED) is 0.369. The minimum Gasteiger partial charge on any atom is -0.477 e. The van der Waals surface area contributed by atoms with Gasteiger partial charge in [0.25, 0.3) is 0 Å². The largest absolute Gasteiger partial charge is 0.477 e. The topological polar surface area (TPSA) is 143 Å². The number of hydrogen-bond donors (Lipinski definition) is 3. The molecule has 5 rings (SSSR count). The SMILES string of the molecule is CC(C)(C)OC(=O)NC(Cc1ccccc1)C(=O)NC1CCN(c2nc3c(cc2F)c(=O)c(C(=O)O)cn3C2CC2)C1. The highest BCUT2D eigenvalue weighted by atomic mass is 19.1. The second kappa shape index (κ2) is 11.4. The number of nitrogens with one attached hydrogen (secondary N) is 2. The zero-order valence-corrected chi connectivity index (χ0v) is 23.7. The van der Waals surface area contributed by atoms with Crippen molar-refractivity contribution in [1.82, 2.24) is 20.2 Å². The molecule has 3 heterocycles. The van der Waals surface area contributed by atoms with Crippen LogP contribution in [0, 0.1) is 5.82 Å². The van der Waals surface area contributed by atoms with Crippen molar-refractivity contribution in [1.29, 1.82) is 0 Å². The van der Waals surface area contributed by atoms with Gasteiger partial charge < -0.3 is 29.9 Å². The monoisotopic (exact) mass is 579 g/mol. The van der Waals surface area contributed by atoms with Gasteiger partial charge >= 0.3 is 12.1 Å². The molecule has 11 nitrogen and oxygen atoms in total. The maximum atomic E-state index is 15.3. The first-order valence-electron chi connectivity index (χ1n) is 14.0. The molecule has 222 valence electrons. The third-order valence-corrected chi connectivity index (χ3v) is 7.23. The Morgan fingerprint density at radius 3 is 2.52 bits per heavy atom. The number of hydrogen-bond acceptors (Lipinski definition) is 7. The molecule has 0 bridgehead atoms. The van der Waals surface area contributed by atoms with Gasteiger partial charge in [0.2, 0.25) is 11.3 Å². The number of aromatic carboxylic acids is 1. The van der Waals surface area contributed by atoms with Gasteiger partial charge in [0, 0.05) is 37.8 Å². The van der Waals surface area contributed by atoms with Crippen molar-refractivity contribution in [3.05, 3.63) is 69.8 Å². The van der Waals surface area contributed by atoms with Crippen molar-refractivity contribution in [3.8, 4) is 0 Å². The lowest BCUT2D eigenvalue weighted by molar-refractivity contribution is -0.123. The second-order valence-electron chi connectivity index (χ2n) is 11.8. The maximum absolute atomic E-state index is 15.3. The Hall–Kier alpha value is -4.48. The summed E-state index contributed by atoms with van der Waals surface area (Å²) in [5, 5.41) is 15.0. The first-order valence-corrected chi connectivity index (χ1v) is 14.0. The highest BCUT2D eigenvalue weighted by molar-refractivity contribution is 5.92. The first-order chi connectivity index (χ1) is 19.9. The molecular weight excluding hydrogens is 545 g/mol. The summed E-state index contributed by atoms with van der Waals surface area (Å²) in [7, 11) is 0. The maximum Gasteiger partial charge on any atom is 0.408 e. The number of fused-ring (bicyclic) bond motifs is 1. The molecule has 0 spiro atoms. The lowest BCUT2D eigenvalue weighted by Crippen LogP contribution is -2.52. The number of benzene rings is 1. The van der Waals surface area contributed by atoms with Gasteiger partial charge in [-0.1, -0.05) is 30.3 Å². The Morgan fingerprint density at radius 1 is 1.17 bits per heavy atom. The minimum atomic E-state index is -1.37. The van der Waals surface area contributed by atoms with Crippen LogP contribution in [0.3, 0.4) is 0 Å². The number of halogens is 1. The third-order valence-electron chi connectivity index (χ3n) is 7.23. The number of aromatic nitrogens is 2. The van der Waals surface area contributed by atoms with E-state index in [-0.39, 0.29) is 41.9 Å². The van der Waals surface area contributed by atoms with Crippen molar-refractivity contribution >= 4 is 34.8 Å². The Bertz CT molecular complexity index is 1580. The summed E-state index contributed by atoms with van der Waals surface area (Å²) in [6.07, 6.45) is 2.96. The lowest BCUT2D eigenvalue weighted by Gasteiger charge is -2.25. The Kier molecular flexibility index (Phi) is 7.89. The number of amides is 2. The molecule has 0 radical (unpaired) electrons. The van der Waals surface area contributed by atoms with Gasteiger partial charge in [-0.3, -0.25) is 9.59 Å². The summed E-state index contributed by atoms with van der Waals surface area (Å²) in [5.41, 5.74) is -0.837. The number of anilines is 1. The molecule has 1 aromatic carbocycles. The van der Waals surface area contributed by atoms with Gasteiger partial charge in [0.05, 0.1) is 5.39 Å². The van der Waals surface area contributed by atoms with E-state index in [4.69, 9.17) is 4.74 Å². The van der Waals surface area contributed by atoms with E-state index in [0.717, 1.165) is 24.5 Å². The van der Waals surface area contributed by atoms with Crippen molar-refractivity contribution in [3.63, 3.8) is 0 Å². The molecule has 3 N–H and O–H groups in total. The number of rotatable bonds is 8. The van der Waals surface area contributed by atoms with Gasteiger partial charge in [0.1, 0.15) is 22.9 Å². The van der Waals surface area contributed by atoms with E-state index in [0.29, 0.717) is 13.0 Å². The molecule has 1 aliphatic heterocycles. The van der Waals surface area contributed by atoms with Crippen LogP contribution in [0.5, 0.6) is 0 Å². The highest BCUT2D eigenvalue weighted by Gasteiger charge is 2.33. The number of carbonyl (C=O) groups excluding carboxylic acids is 2. The minimum absolute atomic E-state index is 0.00153. The van der Waals surface area contributed by atoms with Gasteiger partial charge in [-0.2, -0.15) is 0 Å². The predicted molar refractivity (Wildman–Crippen MR) is 153 cm³/mol. The average molecular weight is 580 g/mol. The zero-order valence-electron chi connectivity index (χ0n) is 23.7. The van der Waals surface area contributed by atoms with E-state index in [1.807, 2.05) is 30.3 Å². The van der Waals surface area contributed by atoms with Crippen LogP contribution in [-0.4, -0.2) is 63.4 Å². The first kappa shape index (κ1) is 29.0. The highest BCUT2D eigenvalue weighted by Crippen LogP contribution is 2.37. The number of carbonyl (C=O) groups is 3. The Labute approximate surface area is 241 Å². The average Bonchev–Trinajstić information content (AvgIpc) is 3.66. The molecule has 2 aliphatic rings. The fourth-order valence-corrected chi connectivity index (χ4v) is 5.12. The molecule has 3 aromatic rings. The van der Waals surface area contributed by atoms with Crippen LogP contribution in [0.2, 0.25) is 0 Å². The normalized spacial score (nSPS) is 17.6. The fourth-order valence-electron chi connectivity index (χ4n) is 5.12. The molecule has 1 saturated heterocycles. The van der Waals surface area contributed by atoms with Crippen LogP contribution in [0.4, 0.5) is 15.0 Å². The molecule has 12 heteroatoms. The molecule has 2 fully saturated rings. The zero-order chi connectivity index (χ0) is 30.2. The van der Waals surface area contributed by atoms with Gasteiger partial charge in [-0.15, -0.1) is 0 Å². The van der Waals surface area contributed by atoms with Crippen LogP contribution in [0.25, 0.3) is 11.0 Å². The standard InChI is InChI=1S/C30H34FN5O6/c1-30(2,3)42-29(41)33-23(13-17-7-5-4-6-8-17)27(38)32-18-11-12-35(15-18)26-22(31)14-20-24(37)21(28(39)40)16-36(19-9-10-19)25(20)34-26/h4-8,14,16,18-19,23H,9-13,15H2,1-3H3,(H,32,38)(H,33,41)(H,39,40). The van der Waals surface area contributed by atoms with Crippen molar-refractivity contribution in [2.45, 2.75) is 70.2 Å².